The van der Waals surface area contributed by atoms with Gasteiger partial charge in [0.05, 0.1) is 0 Å². The maximum absolute atomic E-state index is 10.8. The molecule has 1 aromatic rings. The molecule has 0 aliphatic heterocycles. The highest BCUT2D eigenvalue weighted by molar-refractivity contribution is 5.50. The minimum atomic E-state index is -0.213. The van der Waals surface area contributed by atoms with Crippen molar-refractivity contribution in [1.82, 2.24) is 9.78 Å². The Morgan fingerprint density at radius 3 is 2.82 bits per heavy atom. The van der Waals surface area contributed by atoms with Gasteiger partial charge >= 0.3 is 0 Å². The Morgan fingerprint density at radius 2 is 2.36 bits per heavy atom. The Bertz CT molecular complexity index is 341. The van der Waals surface area contributed by atoms with Gasteiger partial charge in [-0.3, -0.25) is 4.79 Å². The first kappa shape index (κ1) is 7.53. The van der Waals surface area contributed by atoms with E-state index in [9.17, 15) is 4.79 Å². The Labute approximate surface area is 63.4 Å². The summed E-state index contributed by atoms with van der Waals surface area (Å²) in [5.74, 6) is -0.138. The first-order valence-electron chi connectivity index (χ1n) is 3.04. The Balaban J connectivity index is 3.26. The fourth-order valence-electron chi connectivity index (χ4n) is 0.656. The van der Waals surface area contributed by atoms with Crippen molar-refractivity contribution in [3.63, 3.8) is 0 Å². The predicted octanol–water partition coefficient (Wildman–Crippen LogP) is 0.309. The molecule has 1 aromatic heterocycles. The molecule has 11 heavy (non-hydrogen) atoms. The average molecular weight is 152 g/mol. The summed E-state index contributed by atoms with van der Waals surface area (Å²) >= 11 is 0. The van der Waals surface area contributed by atoms with Crippen molar-refractivity contribution in [1.29, 1.82) is 0 Å². The molecule has 0 aliphatic rings. The van der Waals surface area contributed by atoms with E-state index in [2.05, 4.69) is 11.7 Å². The average Bonchev–Trinajstić information content (AvgIpc) is 1.94. The zero-order chi connectivity index (χ0) is 8.43. The Hall–Kier alpha value is -1.58. The number of nitrogens with zero attached hydrogens (tertiary/aromatic N) is 2. The summed E-state index contributed by atoms with van der Waals surface area (Å²) in [7, 11) is 1.51. The third-order valence-electron chi connectivity index (χ3n) is 1.26. The molecular weight excluding hydrogens is 144 g/mol. The predicted molar refractivity (Wildman–Crippen MR) is 41.1 cm³/mol. The van der Waals surface area contributed by atoms with Crippen LogP contribution in [0.15, 0.2) is 23.5 Å². The van der Waals surface area contributed by atoms with E-state index in [-0.39, 0.29) is 11.3 Å². The molecule has 0 aliphatic carbocycles. The van der Waals surface area contributed by atoms with E-state index in [4.69, 9.17) is 5.11 Å². The van der Waals surface area contributed by atoms with Crippen molar-refractivity contribution >= 4 is 5.76 Å². The van der Waals surface area contributed by atoms with E-state index in [1.54, 1.807) is 0 Å². The van der Waals surface area contributed by atoms with Crippen LogP contribution in [0.1, 0.15) is 5.69 Å². The summed E-state index contributed by atoms with van der Waals surface area (Å²) in [6.45, 7) is 3.27. The zero-order valence-corrected chi connectivity index (χ0v) is 6.11. The largest absolute Gasteiger partial charge is 0.506 e. The number of hydrogen-bond donors (Lipinski definition) is 1. The highest BCUT2D eigenvalue weighted by Crippen LogP contribution is 2.00. The first-order chi connectivity index (χ1) is 5.11. The van der Waals surface area contributed by atoms with Gasteiger partial charge in [0.2, 0.25) is 0 Å². The van der Waals surface area contributed by atoms with Gasteiger partial charge in [0, 0.05) is 13.1 Å². The molecule has 0 amide bonds. The minimum absolute atomic E-state index is 0.138. The molecule has 0 radical (unpaired) electrons. The van der Waals surface area contributed by atoms with Crippen LogP contribution in [0.3, 0.4) is 0 Å². The maximum Gasteiger partial charge on any atom is 0.266 e. The van der Waals surface area contributed by atoms with Gasteiger partial charge in [-0.05, 0) is 6.07 Å². The van der Waals surface area contributed by atoms with Crippen molar-refractivity contribution in [2.24, 2.45) is 7.05 Å². The second-order valence-corrected chi connectivity index (χ2v) is 2.13. The summed E-state index contributed by atoms with van der Waals surface area (Å²) in [5, 5.41) is 12.6. The molecule has 58 valence electrons. The highest BCUT2D eigenvalue weighted by Gasteiger charge is 1.98. The number of rotatable bonds is 1. The number of aryl methyl sites for hydroxylation is 1. The topological polar surface area (TPSA) is 55.1 Å². The molecule has 0 aromatic carbocycles. The molecule has 0 spiro atoms. The molecule has 0 unspecified atom stereocenters. The summed E-state index contributed by atoms with van der Waals surface area (Å²) in [5.41, 5.74) is 0.0992. The second kappa shape index (κ2) is 2.57. The normalized spacial score (nSPS) is 9.55. The molecular formula is C7H8N2O2. The molecule has 0 saturated carbocycles. The number of aliphatic hydroxyl groups is 1. The van der Waals surface area contributed by atoms with E-state index in [1.165, 1.54) is 19.2 Å². The molecule has 4 nitrogen and oxygen atoms in total. The van der Waals surface area contributed by atoms with E-state index >= 15 is 0 Å². The van der Waals surface area contributed by atoms with Gasteiger partial charge in [-0.15, -0.1) is 0 Å². The van der Waals surface area contributed by atoms with Gasteiger partial charge in [0.25, 0.3) is 5.56 Å². The maximum atomic E-state index is 10.8. The third-order valence-corrected chi connectivity index (χ3v) is 1.26. The lowest BCUT2D eigenvalue weighted by Gasteiger charge is -1.98. The fourth-order valence-corrected chi connectivity index (χ4v) is 0.656. The summed E-state index contributed by atoms with van der Waals surface area (Å²) in [6.07, 6.45) is 0. The standard InChI is InChI=1S/C7H8N2O2/c1-5(10)6-3-4-7(11)9(2)8-6/h3-4,10H,1H2,2H3. The smallest absolute Gasteiger partial charge is 0.266 e. The van der Waals surface area contributed by atoms with E-state index in [1.807, 2.05) is 0 Å². The van der Waals surface area contributed by atoms with Gasteiger partial charge in [-0.2, -0.15) is 5.10 Å². The van der Waals surface area contributed by atoms with Gasteiger partial charge in [0.1, 0.15) is 11.5 Å². The Morgan fingerprint density at radius 1 is 1.73 bits per heavy atom. The third kappa shape index (κ3) is 1.46. The number of aliphatic hydroxyl groups excluding tert-OH is 1. The molecule has 1 heterocycles. The number of aromatic nitrogens is 2. The van der Waals surface area contributed by atoms with Gasteiger partial charge in [-0.25, -0.2) is 4.68 Å². The fraction of sp³-hybridized carbons (Fsp3) is 0.143. The molecule has 4 heteroatoms. The van der Waals surface area contributed by atoms with Gasteiger partial charge in [0.15, 0.2) is 0 Å². The van der Waals surface area contributed by atoms with Crippen LogP contribution in [0.4, 0.5) is 0 Å². The second-order valence-electron chi connectivity index (χ2n) is 2.13. The first-order valence-corrected chi connectivity index (χ1v) is 3.04. The lowest BCUT2D eigenvalue weighted by molar-refractivity contribution is 0.505. The van der Waals surface area contributed by atoms with Crippen LogP contribution in [0.25, 0.3) is 5.76 Å². The number of hydrogen-bond acceptors (Lipinski definition) is 3. The quantitative estimate of drug-likeness (QED) is 0.589. The highest BCUT2D eigenvalue weighted by atomic mass is 16.3. The van der Waals surface area contributed by atoms with E-state index < -0.39 is 0 Å². The minimum Gasteiger partial charge on any atom is -0.506 e. The van der Waals surface area contributed by atoms with Gasteiger partial charge < -0.3 is 5.11 Å². The molecule has 1 N–H and O–H groups in total. The van der Waals surface area contributed by atoms with Crippen LogP contribution in [0.5, 0.6) is 0 Å². The van der Waals surface area contributed by atoms with Crippen LogP contribution in [0, 0.1) is 0 Å². The molecule has 1 rings (SSSR count). The van der Waals surface area contributed by atoms with Crippen LogP contribution in [0.2, 0.25) is 0 Å². The molecule has 0 saturated heterocycles. The molecule has 0 atom stereocenters. The van der Waals surface area contributed by atoms with Crippen molar-refractivity contribution in [2.75, 3.05) is 0 Å². The zero-order valence-electron chi connectivity index (χ0n) is 6.11. The van der Waals surface area contributed by atoms with Gasteiger partial charge in [-0.1, -0.05) is 6.58 Å². The monoisotopic (exact) mass is 152 g/mol. The SMILES string of the molecule is C=C(O)c1ccc(=O)n(C)n1. The van der Waals surface area contributed by atoms with E-state index in [0.29, 0.717) is 5.69 Å². The summed E-state index contributed by atoms with van der Waals surface area (Å²) in [4.78, 5) is 10.8. The molecule has 0 bridgehead atoms. The van der Waals surface area contributed by atoms with Crippen LogP contribution in [-0.4, -0.2) is 14.9 Å². The van der Waals surface area contributed by atoms with Crippen LogP contribution < -0.4 is 5.56 Å². The van der Waals surface area contributed by atoms with Crippen LogP contribution >= 0.6 is 0 Å². The summed E-state index contributed by atoms with van der Waals surface area (Å²) < 4.78 is 1.14. The lowest BCUT2D eigenvalue weighted by atomic mass is 10.3. The van der Waals surface area contributed by atoms with E-state index in [0.717, 1.165) is 4.68 Å². The van der Waals surface area contributed by atoms with Crippen molar-refractivity contribution < 1.29 is 5.11 Å². The van der Waals surface area contributed by atoms with Crippen LogP contribution in [-0.2, 0) is 7.05 Å². The van der Waals surface area contributed by atoms with Crippen molar-refractivity contribution in [3.05, 3.63) is 34.8 Å². The lowest BCUT2D eigenvalue weighted by Crippen LogP contribution is -2.18. The summed E-state index contributed by atoms with van der Waals surface area (Å²) in [6, 6.07) is 2.74. The van der Waals surface area contributed by atoms with Crippen molar-refractivity contribution in [3.8, 4) is 0 Å². The van der Waals surface area contributed by atoms with Crippen molar-refractivity contribution in [2.45, 2.75) is 0 Å². The Kier molecular flexibility index (Phi) is 1.76. The molecule has 0 fully saturated rings.